The van der Waals surface area contributed by atoms with Crippen molar-refractivity contribution in [3.05, 3.63) is 42.4 Å². The van der Waals surface area contributed by atoms with E-state index >= 15 is 0 Å². The Kier molecular flexibility index (Phi) is 6.67. The minimum Gasteiger partial charge on any atom is -0.497 e. The summed E-state index contributed by atoms with van der Waals surface area (Å²) in [6.07, 6.45) is -0.759. The van der Waals surface area contributed by atoms with Gasteiger partial charge in [0.1, 0.15) is 30.4 Å². The molecule has 0 unspecified atom stereocenters. The zero-order chi connectivity index (χ0) is 27.0. The second-order valence-corrected chi connectivity index (χ2v) is 8.99. The fourth-order valence-electron chi connectivity index (χ4n) is 4.82. The van der Waals surface area contributed by atoms with E-state index in [4.69, 9.17) is 14.2 Å². The first kappa shape index (κ1) is 25.5. The van der Waals surface area contributed by atoms with Gasteiger partial charge in [0.2, 0.25) is 11.8 Å². The van der Waals surface area contributed by atoms with Crippen molar-refractivity contribution >= 4 is 28.5 Å². The van der Waals surface area contributed by atoms with Gasteiger partial charge in [-0.15, -0.1) is 0 Å². The number of benzene rings is 1. The molecular weight excluding hydrogens is 507 g/mol. The quantitative estimate of drug-likeness (QED) is 0.436. The molecule has 1 saturated carbocycles. The normalized spacial score (nSPS) is 20.2. The number of halogens is 3. The number of fused-ring (bicyclic) bond motifs is 1. The van der Waals surface area contributed by atoms with Crippen molar-refractivity contribution in [2.45, 2.75) is 44.0 Å². The van der Waals surface area contributed by atoms with Gasteiger partial charge in [0.25, 0.3) is 5.91 Å². The number of urea groups is 1. The third-order valence-corrected chi connectivity index (χ3v) is 6.74. The van der Waals surface area contributed by atoms with Crippen molar-refractivity contribution in [1.82, 2.24) is 19.9 Å². The van der Waals surface area contributed by atoms with Crippen LogP contribution in [-0.4, -0.2) is 64.7 Å². The SMILES string of the molecule is COc1ccc2c(OC3CCC(N4C(=O)CN(c5cc(C(F)(F)F)cnc5OC)C4=O)CC3)ncnc2c1. The van der Waals surface area contributed by atoms with Gasteiger partial charge in [0, 0.05) is 18.3 Å². The summed E-state index contributed by atoms with van der Waals surface area (Å²) in [7, 11) is 2.80. The highest BCUT2D eigenvalue weighted by Crippen LogP contribution is 2.38. The molecule has 1 aliphatic heterocycles. The smallest absolute Gasteiger partial charge is 0.417 e. The van der Waals surface area contributed by atoms with Crippen LogP contribution in [0.4, 0.5) is 23.7 Å². The second kappa shape index (κ2) is 9.95. The molecule has 3 amide bonds. The Bertz CT molecular complexity index is 1380. The molecule has 3 aromatic rings. The molecule has 2 fully saturated rings. The molecule has 200 valence electrons. The highest BCUT2D eigenvalue weighted by Gasteiger charge is 2.44. The third-order valence-electron chi connectivity index (χ3n) is 6.74. The lowest BCUT2D eigenvalue weighted by molar-refractivity contribution is -0.137. The maximum atomic E-state index is 13.3. The monoisotopic (exact) mass is 531 g/mol. The molecule has 2 aliphatic rings. The number of nitrogens with zero attached hydrogens (tertiary/aromatic N) is 5. The number of pyridine rings is 1. The molecule has 3 heterocycles. The van der Waals surface area contributed by atoms with Crippen LogP contribution in [0.1, 0.15) is 31.2 Å². The molecular formula is C25H24F3N5O5. The van der Waals surface area contributed by atoms with Crippen LogP contribution in [0.3, 0.4) is 0 Å². The maximum Gasteiger partial charge on any atom is 0.417 e. The molecule has 0 N–H and O–H groups in total. The Hall–Kier alpha value is -4.16. The average Bonchev–Trinajstić information content (AvgIpc) is 3.21. The Balaban J connectivity index is 1.28. The van der Waals surface area contributed by atoms with Crippen LogP contribution in [0.25, 0.3) is 10.9 Å². The molecule has 0 radical (unpaired) electrons. The predicted octanol–water partition coefficient (Wildman–Crippen LogP) is 4.22. The zero-order valence-corrected chi connectivity index (χ0v) is 20.6. The van der Waals surface area contributed by atoms with Gasteiger partial charge in [0.05, 0.1) is 30.7 Å². The Morgan fingerprint density at radius 3 is 2.39 bits per heavy atom. The summed E-state index contributed by atoms with van der Waals surface area (Å²) in [5, 5.41) is 0.736. The van der Waals surface area contributed by atoms with E-state index in [0.717, 1.165) is 21.3 Å². The lowest BCUT2D eigenvalue weighted by Crippen LogP contribution is -2.44. The molecule has 1 saturated heterocycles. The standard InChI is InChI=1S/C25H24F3N5O5/c1-36-17-7-8-18-19(10-17)30-13-31-22(18)38-16-5-3-15(4-6-16)33-21(34)12-32(24(33)35)20-9-14(25(26,27)28)11-29-23(20)37-2/h7-11,13,15-16H,3-6,12H2,1-2H3. The van der Waals surface area contributed by atoms with E-state index in [-0.39, 0.29) is 17.7 Å². The Morgan fingerprint density at radius 1 is 0.947 bits per heavy atom. The minimum absolute atomic E-state index is 0.173. The number of anilines is 1. The number of hydrogen-bond donors (Lipinski definition) is 0. The molecule has 0 bridgehead atoms. The van der Waals surface area contributed by atoms with Crippen molar-refractivity contribution in [2.24, 2.45) is 0 Å². The lowest BCUT2D eigenvalue weighted by Gasteiger charge is -2.33. The summed E-state index contributed by atoms with van der Waals surface area (Å²) in [5.74, 6) is 0.433. The van der Waals surface area contributed by atoms with E-state index in [1.165, 1.54) is 13.4 Å². The molecule has 5 rings (SSSR count). The van der Waals surface area contributed by atoms with E-state index in [1.54, 1.807) is 19.2 Å². The van der Waals surface area contributed by atoms with E-state index in [2.05, 4.69) is 15.0 Å². The van der Waals surface area contributed by atoms with Crippen molar-refractivity contribution in [1.29, 1.82) is 0 Å². The van der Waals surface area contributed by atoms with Crippen LogP contribution in [0.5, 0.6) is 17.5 Å². The summed E-state index contributed by atoms with van der Waals surface area (Å²) in [6.45, 7) is -0.398. The summed E-state index contributed by atoms with van der Waals surface area (Å²) in [5.41, 5.74) is -0.566. The number of methoxy groups -OCH3 is 2. The molecule has 38 heavy (non-hydrogen) atoms. The number of alkyl halides is 3. The second-order valence-electron chi connectivity index (χ2n) is 8.99. The van der Waals surface area contributed by atoms with E-state index < -0.39 is 36.3 Å². The van der Waals surface area contributed by atoms with E-state index in [0.29, 0.717) is 49.0 Å². The topological polar surface area (TPSA) is 107 Å². The van der Waals surface area contributed by atoms with Crippen molar-refractivity contribution in [3.8, 4) is 17.5 Å². The highest BCUT2D eigenvalue weighted by atomic mass is 19.4. The van der Waals surface area contributed by atoms with Crippen LogP contribution < -0.4 is 19.1 Å². The van der Waals surface area contributed by atoms with Gasteiger partial charge in [-0.1, -0.05) is 0 Å². The lowest BCUT2D eigenvalue weighted by atomic mass is 9.92. The number of carbonyl (C=O) groups is 2. The summed E-state index contributed by atoms with van der Waals surface area (Å²) in [6, 6.07) is 5.06. The summed E-state index contributed by atoms with van der Waals surface area (Å²) < 4.78 is 56.2. The number of amides is 3. The Labute approximate surface area is 215 Å². The first-order valence-electron chi connectivity index (χ1n) is 11.9. The van der Waals surface area contributed by atoms with Gasteiger partial charge in [-0.2, -0.15) is 13.2 Å². The molecule has 1 aliphatic carbocycles. The molecule has 1 aromatic carbocycles. The Morgan fingerprint density at radius 2 is 1.71 bits per heavy atom. The van der Waals surface area contributed by atoms with E-state index in [9.17, 15) is 22.8 Å². The predicted molar refractivity (Wildman–Crippen MR) is 128 cm³/mol. The number of imide groups is 1. The van der Waals surface area contributed by atoms with Crippen molar-refractivity contribution < 1.29 is 37.0 Å². The minimum atomic E-state index is -4.67. The number of aromatic nitrogens is 3. The summed E-state index contributed by atoms with van der Waals surface area (Å²) >= 11 is 0. The van der Waals surface area contributed by atoms with Gasteiger partial charge >= 0.3 is 12.2 Å². The van der Waals surface area contributed by atoms with Gasteiger partial charge < -0.3 is 14.2 Å². The van der Waals surface area contributed by atoms with Crippen LogP contribution in [-0.2, 0) is 11.0 Å². The van der Waals surface area contributed by atoms with Gasteiger partial charge in [-0.25, -0.2) is 19.7 Å². The zero-order valence-electron chi connectivity index (χ0n) is 20.6. The number of ether oxygens (including phenoxy) is 3. The largest absolute Gasteiger partial charge is 0.497 e. The number of carbonyl (C=O) groups excluding carboxylic acids is 2. The number of rotatable bonds is 6. The first-order chi connectivity index (χ1) is 18.2. The van der Waals surface area contributed by atoms with Crippen LogP contribution in [0.15, 0.2) is 36.8 Å². The molecule has 13 heteroatoms. The number of hydrogen-bond acceptors (Lipinski definition) is 8. The van der Waals surface area contributed by atoms with Crippen LogP contribution >= 0.6 is 0 Å². The fraction of sp³-hybridized carbons (Fsp3) is 0.400. The van der Waals surface area contributed by atoms with E-state index in [1.807, 2.05) is 6.07 Å². The van der Waals surface area contributed by atoms with Gasteiger partial charge in [0.15, 0.2) is 0 Å². The molecule has 0 atom stereocenters. The van der Waals surface area contributed by atoms with Crippen molar-refractivity contribution in [2.75, 3.05) is 25.7 Å². The first-order valence-corrected chi connectivity index (χ1v) is 11.9. The average molecular weight is 531 g/mol. The fourth-order valence-corrected chi connectivity index (χ4v) is 4.82. The van der Waals surface area contributed by atoms with Crippen LogP contribution in [0, 0.1) is 0 Å². The highest BCUT2D eigenvalue weighted by molar-refractivity contribution is 6.13. The third kappa shape index (κ3) is 4.75. The van der Waals surface area contributed by atoms with Crippen molar-refractivity contribution in [3.63, 3.8) is 0 Å². The molecule has 0 spiro atoms. The van der Waals surface area contributed by atoms with Gasteiger partial charge in [-0.05, 0) is 43.9 Å². The maximum absolute atomic E-state index is 13.3. The van der Waals surface area contributed by atoms with Crippen LogP contribution in [0.2, 0.25) is 0 Å². The summed E-state index contributed by atoms with van der Waals surface area (Å²) in [4.78, 5) is 40.4. The molecule has 10 nitrogen and oxygen atoms in total. The molecule has 2 aromatic heterocycles. The van der Waals surface area contributed by atoms with Gasteiger partial charge in [-0.3, -0.25) is 14.6 Å².